The first kappa shape index (κ1) is 26.7. The summed E-state index contributed by atoms with van der Waals surface area (Å²) in [5, 5.41) is 1.04. The highest BCUT2D eigenvalue weighted by Gasteiger charge is 2.36. The first-order chi connectivity index (χ1) is 17.7. The van der Waals surface area contributed by atoms with Gasteiger partial charge in [0.25, 0.3) is 0 Å². The summed E-state index contributed by atoms with van der Waals surface area (Å²) in [6.45, 7) is 14.5. The molecular formula is C28H38Cl2N6O. The van der Waals surface area contributed by atoms with Crippen LogP contribution in [0.1, 0.15) is 64.4 Å². The molecule has 9 heteroatoms. The van der Waals surface area contributed by atoms with E-state index in [1.54, 1.807) is 0 Å². The van der Waals surface area contributed by atoms with Gasteiger partial charge in [0.15, 0.2) is 17.0 Å². The minimum absolute atomic E-state index is 0.196. The fraction of sp³-hybridized carbons (Fsp3) is 0.607. The fourth-order valence-electron chi connectivity index (χ4n) is 5.96. The number of hydrogen-bond donors (Lipinski definition) is 0. The van der Waals surface area contributed by atoms with Gasteiger partial charge in [-0.15, -0.1) is 0 Å². The van der Waals surface area contributed by atoms with Crippen LogP contribution in [0, 0.1) is 12.8 Å². The second-order valence-corrected chi connectivity index (χ2v) is 11.9. The molecule has 0 radical (unpaired) electrons. The zero-order chi connectivity index (χ0) is 26.3. The predicted octanol–water partition coefficient (Wildman–Crippen LogP) is 6.31. The van der Waals surface area contributed by atoms with Gasteiger partial charge in [-0.25, -0.2) is 4.98 Å². The van der Waals surface area contributed by atoms with Crippen molar-refractivity contribution in [3.05, 3.63) is 46.0 Å². The molecule has 2 saturated heterocycles. The zero-order valence-corrected chi connectivity index (χ0v) is 24.0. The van der Waals surface area contributed by atoms with Crippen molar-refractivity contribution in [1.29, 1.82) is 0 Å². The van der Waals surface area contributed by atoms with Gasteiger partial charge in [-0.05, 0) is 75.2 Å². The van der Waals surface area contributed by atoms with Crippen molar-refractivity contribution in [2.45, 2.75) is 84.7 Å². The van der Waals surface area contributed by atoms with E-state index in [2.05, 4.69) is 59.2 Å². The molecule has 2 aliphatic heterocycles. The maximum Gasteiger partial charge on any atom is 0.226 e. The maximum absolute atomic E-state index is 6.51. The highest BCUT2D eigenvalue weighted by atomic mass is 35.5. The normalized spacial score (nSPS) is 23.9. The Morgan fingerprint density at radius 2 is 1.78 bits per heavy atom. The van der Waals surface area contributed by atoms with Gasteiger partial charge in [0.05, 0.1) is 12.6 Å². The van der Waals surface area contributed by atoms with E-state index in [0.717, 1.165) is 73.3 Å². The molecule has 2 aliphatic rings. The van der Waals surface area contributed by atoms with Gasteiger partial charge in [-0.1, -0.05) is 37.6 Å². The highest BCUT2D eigenvalue weighted by Crippen LogP contribution is 2.36. The van der Waals surface area contributed by atoms with Crippen LogP contribution in [0.5, 0.6) is 0 Å². The Morgan fingerprint density at radius 1 is 1.03 bits per heavy atom. The Morgan fingerprint density at radius 3 is 2.46 bits per heavy atom. The van der Waals surface area contributed by atoms with Crippen molar-refractivity contribution >= 4 is 40.2 Å². The molecule has 1 unspecified atom stereocenters. The third kappa shape index (κ3) is 5.60. The molecule has 0 aliphatic carbocycles. The van der Waals surface area contributed by atoms with E-state index >= 15 is 0 Å². The second-order valence-electron chi connectivity index (χ2n) is 11.1. The van der Waals surface area contributed by atoms with Crippen LogP contribution < -0.4 is 4.90 Å². The Labute approximate surface area is 230 Å². The van der Waals surface area contributed by atoms with Gasteiger partial charge in [-0.3, -0.25) is 4.90 Å². The maximum atomic E-state index is 6.51. The number of imidazole rings is 1. The number of nitrogens with zero attached hydrogens (tertiary/aromatic N) is 6. The van der Waals surface area contributed by atoms with Gasteiger partial charge >= 0.3 is 0 Å². The lowest BCUT2D eigenvalue weighted by molar-refractivity contribution is 0.0960. The fourth-order valence-corrected chi connectivity index (χ4v) is 6.24. The van der Waals surface area contributed by atoms with Crippen LogP contribution in [-0.4, -0.2) is 62.3 Å². The molecule has 5 rings (SSSR count). The summed E-state index contributed by atoms with van der Waals surface area (Å²) >= 11 is 12.7. The number of rotatable bonds is 7. The van der Waals surface area contributed by atoms with Crippen LogP contribution in [0.3, 0.4) is 0 Å². The van der Waals surface area contributed by atoms with Gasteiger partial charge in [0.1, 0.15) is 5.82 Å². The van der Waals surface area contributed by atoms with E-state index in [0.29, 0.717) is 18.0 Å². The Hall–Kier alpha value is -1.93. The molecule has 4 atom stereocenters. The summed E-state index contributed by atoms with van der Waals surface area (Å²) in [6.07, 6.45) is 3.45. The molecule has 0 bridgehead atoms. The van der Waals surface area contributed by atoms with Crippen molar-refractivity contribution in [1.82, 2.24) is 24.4 Å². The van der Waals surface area contributed by atoms with Crippen LogP contribution in [0.2, 0.25) is 10.3 Å². The van der Waals surface area contributed by atoms with Crippen LogP contribution in [0.15, 0.2) is 24.3 Å². The summed E-state index contributed by atoms with van der Waals surface area (Å²) in [6, 6.07) is 9.24. The molecular weight excluding hydrogens is 507 g/mol. The van der Waals surface area contributed by atoms with Gasteiger partial charge in [0, 0.05) is 42.8 Å². The molecule has 1 aromatic carbocycles. The van der Waals surface area contributed by atoms with E-state index in [-0.39, 0.29) is 17.4 Å². The number of aryl methyl sites for hydroxylation is 1. The van der Waals surface area contributed by atoms with E-state index in [9.17, 15) is 0 Å². The van der Waals surface area contributed by atoms with E-state index in [1.807, 2.05) is 19.1 Å². The first-order valence-electron chi connectivity index (χ1n) is 13.5. The van der Waals surface area contributed by atoms with Crippen molar-refractivity contribution in [3.63, 3.8) is 0 Å². The van der Waals surface area contributed by atoms with Crippen molar-refractivity contribution in [2.75, 3.05) is 24.6 Å². The number of piperazine rings is 1. The summed E-state index contributed by atoms with van der Waals surface area (Å²) < 4.78 is 8.04. The summed E-state index contributed by atoms with van der Waals surface area (Å²) in [4.78, 5) is 19.3. The molecule has 2 fully saturated rings. The Kier molecular flexibility index (Phi) is 7.96. The number of aromatic nitrogens is 4. The molecule has 3 aromatic rings. The average molecular weight is 546 g/mol. The van der Waals surface area contributed by atoms with Crippen molar-refractivity contribution in [3.8, 4) is 0 Å². The number of benzene rings is 1. The average Bonchev–Trinajstić information content (AvgIpc) is 3.47. The topological polar surface area (TPSA) is 59.3 Å². The Bertz CT molecular complexity index is 1220. The molecule has 37 heavy (non-hydrogen) atoms. The van der Waals surface area contributed by atoms with Crippen molar-refractivity contribution in [2.24, 2.45) is 5.92 Å². The van der Waals surface area contributed by atoms with E-state index in [4.69, 9.17) is 37.9 Å². The molecule has 0 spiro atoms. The number of fused-ring (bicyclic) bond motifs is 1. The third-order valence-electron chi connectivity index (χ3n) is 7.81. The molecule has 7 nitrogen and oxygen atoms in total. The van der Waals surface area contributed by atoms with Gasteiger partial charge < -0.3 is 14.2 Å². The van der Waals surface area contributed by atoms with Crippen LogP contribution >= 0.6 is 23.2 Å². The van der Waals surface area contributed by atoms with Crippen LogP contribution in [-0.2, 0) is 11.3 Å². The molecule has 0 saturated carbocycles. The highest BCUT2D eigenvalue weighted by molar-refractivity contribution is 6.30. The molecule has 2 aromatic heterocycles. The summed E-state index contributed by atoms with van der Waals surface area (Å²) in [7, 11) is 0. The lowest BCUT2D eigenvalue weighted by Gasteiger charge is -2.48. The molecule has 0 N–H and O–H groups in total. The smallest absolute Gasteiger partial charge is 0.226 e. The quantitative estimate of drug-likeness (QED) is 0.325. The molecule has 4 heterocycles. The monoisotopic (exact) mass is 544 g/mol. The first-order valence-corrected chi connectivity index (χ1v) is 14.3. The van der Waals surface area contributed by atoms with Crippen LogP contribution in [0.25, 0.3) is 11.2 Å². The largest absolute Gasteiger partial charge is 0.376 e. The lowest BCUT2D eigenvalue weighted by Crippen LogP contribution is -2.57. The molecule has 0 amide bonds. The number of hydrogen-bond acceptors (Lipinski definition) is 6. The third-order valence-corrected chi connectivity index (χ3v) is 8.23. The number of anilines is 1. The second kappa shape index (κ2) is 11.0. The minimum Gasteiger partial charge on any atom is -0.376 e. The van der Waals surface area contributed by atoms with E-state index < -0.39 is 0 Å². The van der Waals surface area contributed by atoms with Gasteiger partial charge in [0.2, 0.25) is 5.28 Å². The standard InChI is InChI=1S/C28H38Cl2N6O/c1-17(2)13-24(21-8-10-22(29)11-9-21)34-14-19(4)35(15-18(34)3)26-25-27(33-28(30)32-26)36(20(5)31-25)16-23-7-6-12-37-23/h8-11,17-19,23-24H,6-7,12-16H2,1-5H3/t18-,19+,23+,24?/m1/s1. The summed E-state index contributed by atoms with van der Waals surface area (Å²) in [5.41, 5.74) is 2.94. The zero-order valence-electron chi connectivity index (χ0n) is 22.5. The SMILES string of the molecule is Cc1nc2c(N3C[C@@H](C)N(C(CC(C)C)c4ccc(Cl)cc4)C[C@@H]3C)nc(Cl)nc2n1C[C@@H]1CCCO1. The number of ether oxygens (including phenoxy) is 1. The minimum atomic E-state index is 0.196. The van der Waals surface area contributed by atoms with E-state index in [1.165, 1.54) is 5.56 Å². The van der Waals surface area contributed by atoms with Gasteiger partial charge in [-0.2, -0.15) is 9.97 Å². The number of halogens is 2. The molecule has 200 valence electrons. The lowest BCUT2D eigenvalue weighted by atomic mass is 9.92. The summed E-state index contributed by atoms with van der Waals surface area (Å²) in [5.74, 6) is 2.33. The van der Waals surface area contributed by atoms with Crippen molar-refractivity contribution < 1.29 is 4.74 Å². The van der Waals surface area contributed by atoms with Crippen LogP contribution in [0.4, 0.5) is 5.82 Å². The Balaban J connectivity index is 1.44. The predicted molar refractivity (Wildman–Crippen MR) is 151 cm³/mol.